The van der Waals surface area contributed by atoms with Crippen molar-refractivity contribution in [3.8, 4) is 5.75 Å². The fourth-order valence-corrected chi connectivity index (χ4v) is 2.86. The van der Waals surface area contributed by atoms with E-state index < -0.39 is 5.60 Å². The molecule has 0 radical (unpaired) electrons. The van der Waals surface area contributed by atoms with Crippen molar-refractivity contribution < 1.29 is 14.6 Å². The van der Waals surface area contributed by atoms with Crippen LogP contribution in [-0.4, -0.2) is 24.2 Å². The highest BCUT2D eigenvalue weighted by atomic mass is 35.5. The number of hydrogen-bond donors (Lipinski definition) is 2. The van der Waals surface area contributed by atoms with Gasteiger partial charge in [0.15, 0.2) is 6.61 Å². The van der Waals surface area contributed by atoms with Gasteiger partial charge in [-0.25, -0.2) is 0 Å². The highest BCUT2D eigenvalue weighted by Gasteiger charge is 2.45. The monoisotopic (exact) mass is 345 g/mol. The molecular weight excluding hydrogens is 326 g/mol. The van der Waals surface area contributed by atoms with Crippen LogP contribution in [0, 0.1) is 5.92 Å². The summed E-state index contributed by atoms with van der Waals surface area (Å²) in [5.41, 5.74) is -0.177. The maximum absolute atomic E-state index is 12.0. The highest BCUT2D eigenvalue weighted by Crippen LogP contribution is 2.45. The molecule has 2 aromatic carbocycles. The van der Waals surface area contributed by atoms with E-state index in [1.165, 1.54) is 0 Å². The first-order valence-electron chi connectivity index (χ1n) is 8.01. The van der Waals surface area contributed by atoms with Gasteiger partial charge in [0.05, 0.1) is 6.54 Å². The predicted octanol–water partition coefficient (Wildman–Crippen LogP) is 3.13. The smallest absolute Gasteiger partial charge is 0.258 e. The number of aliphatic hydroxyl groups is 1. The second-order valence-electron chi connectivity index (χ2n) is 6.08. The molecule has 0 bridgehead atoms. The van der Waals surface area contributed by atoms with E-state index >= 15 is 0 Å². The third-order valence-corrected chi connectivity index (χ3v) is 4.52. The first-order valence-corrected chi connectivity index (χ1v) is 8.39. The number of hydrogen-bond acceptors (Lipinski definition) is 3. The van der Waals surface area contributed by atoms with E-state index in [4.69, 9.17) is 16.3 Å². The Balaban J connectivity index is 1.55. The van der Waals surface area contributed by atoms with Crippen molar-refractivity contribution in [1.82, 2.24) is 5.32 Å². The van der Waals surface area contributed by atoms with Crippen molar-refractivity contribution in [2.45, 2.75) is 18.4 Å². The molecule has 1 aliphatic carbocycles. The Hall–Kier alpha value is -2.04. The van der Waals surface area contributed by atoms with Crippen LogP contribution in [0.3, 0.4) is 0 Å². The zero-order valence-corrected chi connectivity index (χ0v) is 14.0. The lowest BCUT2D eigenvalue weighted by molar-refractivity contribution is -0.124. The van der Waals surface area contributed by atoms with Crippen LogP contribution in [0.4, 0.5) is 0 Å². The molecule has 0 aliphatic heterocycles. The molecule has 1 atom stereocenters. The number of ether oxygens (including phenoxy) is 1. The molecule has 2 N–H and O–H groups in total. The van der Waals surface area contributed by atoms with Gasteiger partial charge < -0.3 is 15.2 Å². The highest BCUT2D eigenvalue weighted by molar-refractivity contribution is 6.30. The molecular formula is C19H20ClNO3. The van der Waals surface area contributed by atoms with Gasteiger partial charge in [-0.3, -0.25) is 4.79 Å². The molecule has 2 aromatic rings. The third-order valence-electron chi connectivity index (χ3n) is 4.27. The Labute approximate surface area is 146 Å². The molecule has 0 heterocycles. The van der Waals surface area contributed by atoms with Crippen molar-refractivity contribution in [2.24, 2.45) is 5.92 Å². The standard InChI is InChI=1S/C19H20ClNO3/c20-16-8-10-17(11-9-16)24-12-18(22)21-13-19(23,15-6-7-15)14-4-2-1-3-5-14/h1-5,8-11,15,23H,6-7,12-13H2,(H,21,22)/t19-/m1/s1. The Kier molecular flexibility index (Phi) is 5.07. The van der Waals surface area contributed by atoms with Gasteiger partial charge in [-0.15, -0.1) is 0 Å². The Morgan fingerprint density at radius 3 is 2.46 bits per heavy atom. The van der Waals surface area contributed by atoms with E-state index in [2.05, 4.69) is 5.32 Å². The molecule has 126 valence electrons. The average molecular weight is 346 g/mol. The SMILES string of the molecule is O=C(COc1ccc(Cl)cc1)NC[C@@](O)(c1ccccc1)C1CC1. The molecule has 0 spiro atoms. The Morgan fingerprint density at radius 1 is 1.17 bits per heavy atom. The number of amides is 1. The number of benzene rings is 2. The largest absolute Gasteiger partial charge is 0.484 e. The summed E-state index contributed by atoms with van der Waals surface area (Å²) < 4.78 is 5.42. The van der Waals surface area contributed by atoms with E-state index in [9.17, 15) is 9.90 Å². The lowest BCUT2D eigenvalue weighted by Gasteiger charge is -2.29. The maximum atomic E-state index is 12.0. The molecule has 3 rings (SSSR count). The van der Waals surface area contributed by atoms with Gasteiger partial charge in [0.2, 0.25) is 0 Å². The van der Waals surface area contributed by atoms with Crippen molar-refractivity contribution in [3.05, 3.63) is 65.2 Å². The number of carbonyl (C=O) groups excluding carboxylic acids is 1. The fourth-order valence-electron chi connectivity index (χ4n) is 2.73. The van der Waals surface area contributed by atoms with E-state index in [1.807, 2.05) is 30.3 Å². The van der Waals surface area contributed by atoms with Gasteiger partial charge in [-0.05, 0) is 48.6 Å². The number of carbonyl (C=O) groups is 1. The van der Waals surface area contributed by atoms with Crippen molar-refractivity contribution in [3.63, 3.8) is 0 Å². The predicted molar refractivity (Wildman–Crippen MR) is 93.0 cm³/mol. The summed E-state index contributed by atoms with van der Waals surface area (Å²) in [6.45, 7) is 0.0850. The van der Waals surface area contributed by atoms with Gasteiger partial charge in [0.1, 0.15) is 11.4 Å². The third kappa shape index (κ3) is 4.08. The molecule has 24 heavy (non-hydrogen) atoms. The summed E-state index contributed by atoms with van der Waals surface area (Å²) in [5.74, 6) is 0.507. The van der Waals surface area contributed by atoms with Crippen LogP contribution >= 0.6 is 11.6 Å². The van der Waals surface area contributed by atoms with E-state index in [0.29, 0.717) is 10.8 Å². The quantitative estimate of drug-likeness (QED) is 0.810. The van der Waals surface area contributed by atoms with Gasteiger partial charge in [0, 0.05) is 5.02 Å². The van der Waals surface area contributed by atoms with Crippen LogP contribution in [0.5, 0.6) is 5.75 Å². The lowest BCUT2D eigenvalue weighted by Crippen LogP contribution is -2.43. The summed E-state index contributed by atoms with van der Waals surface area (Å²) in [4.78, 5) is 12.0. The molecule has 5 heteroatoms. The number of rotatable bonds is 7. The molecule has 0 saturated heterocycles. The minimum absolute atomic E-state index is 0.100. The van der Waals surface area contributed by atoms with Crippen LogP contribution in [0.15, 0.2) is 54.6 Å². The van der Waals surface area contributed by atoms with Gasteiger partial charge in [-0.2, -0.15) is 0 Å². The summed E-state index contributed by atoms with van der Waals surface area (Å²) in [7, 11) is 0. The second kappa shape index (κ2) is 7.24. The minimum atomic E-state index is -1.02. The summed E-state index contributed by atoms with van der Waals surface area (Å²) >= 11 is 5.81. The van der Waals surface area contributed by atoms with Gasteiger partial charge >= 0.3 is 0 Å². The molecule has 1 fully saturated rings. The van der Waals surface area contributed by atoms with Crippen molar-refractivity contribution in [1.29, 1.82) is 0 Å². The average Bonchev–Trinajstić information content (AvgIpc) is 3.45. The van der Waals surface area contributed by atoms with Crippen LogP contribution in [0.25, 0.3) is 0 Å². The van der Waals surface area contributed by atoms with Crippen LogP contribution < -0.4 is 10.1 Å². The summed E-state index contributed by atoms with van der Waals surface area (Å²) in [5, 5.41) is 14.4. The minimum Gasteiger partial charge on any atom is -0.484 e. The van der Waals surface area contributed by atoms with Crippen LogP contribution in [0.1, 0.15) is 18.4 Å². The first-order chi connectivity index (χ1) is 11.6. The van der Waals surface area contributed by atoms with Crippen molar-refractivity contribution >= 4 is 17.5 Å². The fraction of sp³-hybridized carbons (Fsp3) is 0.316. The molecule has 1 aliphatic rings. The van der Waals surface area contributed by atoms with Crippen molar-refractivity contribution in [2.75, 3.05) is 13.2 Å². The van der Waals surface area contributed by atoms with E-state index in [0.717, 1.165) is 18.4 Å². The van der Waals surface area contributed by atoms with E-state index in [-0.39, 0.29) is 25.0 Å². The first kappa shape index (κ1) is 16.8. The second-order valence-corrected chi connectivity index (χ2v) is 6.52. The molecule has 0 unspecified atom stereocenters. The van der Waals surface area contributed by atoms with Crippen LogP contribution in [0.2, 0.25) is 5.02 Å². The van der Waals surface area contributed by atoms with E-state index in [1.54, 1.807) is 24.3 Å². The topological polar surface area (TPSA) is 58.6 Å². The van der Waals surface area contributed by atoms with Gasteiger partial charge in [-0.1, -0.05) is 41.9 Å². The maximum Gasteiger partial charge on any atom is 0.258 e. The summed E-state index contributed by atoms with van der Waals surface area (Å²) in [6.07, 6.45) is 1.95. The number of halogens is 1. The zero-order valence-electron chi connectivity index (χ0n) is 13.2. The molecule has 4 nitrogen and oxygen atoms in total. The Bertz CT molecular complexity index is 686. The molecule has 1 saturated carbocycles. The van der Waals surface area contributed by atoms with Crippen LogP contribution in [-0.2, 0) is 10.4 Å². The molecule has 1 amide bonds. The van der Waals surface area contributed by atoms with Gasteiger partial charge in [0.25, 0.3) is 5.91 Å². The Morgan fingerprint density at radius 2 is 1.83 bits per heavy atom. The normalized spacial score (nSPS) is 16.2. The number of nitrogens with one attached hydrogen (secondary N) is 1. The molecule has 0 aromatic heterocycles. The lowest BCUT2D eigenvalue weighted by atomic mass is 9.88. The summed E-state index contributed by atoms with van der Waals surface area (Å²) in [6, 6.07) is 16.3. The zero-order chi connectivity index (χ0) is 17.0.